The van der Waals surface area contributed by atoms with Gasteiger partial charge in [0.2, 0.25) is 0 Å². The number of aromatic nitrogens is 1. The van der Waals surface area contributed by atoms with Crippen LogP contribution in [0.25, 0.3) is 10.8 Å². The number of nitrogens with two attached hydrogens (primary N) is 1. The van der Waals surface area contributed by atoms with Crippen LogP contribution >= 0.6 is 23.2 Å². The highest BCUT2D eigenvalue weighted by molar-refractivity contribution is 6.42. The van der Waals surface area contributed by atoms with Gasteiger partial charge in [0.1, 0.15) is 5.75 Å². The van der Waals surface area contributed by atoms with Gasteiger partial charge in [-0.3, -0.25) is 4.79 Å². The third kappa shape index (κ3) is 3.03. The maximum absolute atomic E-state index is 12.4. The molecule has 4 nitrogen and oxygen atoms in total. The molecule has 21 heavy (non-hydrogen) atoms. The molecule has 0 saturated carbocycles. The summed E-state index contributed by atoms with van der Waals surface area (Å²) in [4.78, 5) is 12.4. The summed E-state index contributed by atoms with van der Waals surface area (Å²) in [6, 6.07) is 3.25. The van der Waals surface area contributed by atoms with Gasteiger partial charge < -0.3 is 15.0 Å². The highest BCUT2D eigenvalue weighted by Gasteiger charge is 2.16. The van der Waals surface area contributed by atoms with Crippen molar-refractivity contribution in [2.75, 3.05) is 6.61 Å². The van der Waals surface area contributed by atoms with E-state index in [2.05, 4.69) is 6.92 Å². The molecular weight excluding hydrogens is 311 g/mol. The Bertz CT molecular complexity index is 726. The summed E-state index contributed by atoms with van der Waals surface area (Å²) in [5.41, 5.74) is 6.28. The Hall–Kier alpha value is -1.23. The summed E-state index contributed by atoms with van der Waals surface area (Å²) >= 11 is 12.1. The summed E-state index contributed by atoms with van der Waals surface area (Å²) in [5.74, 6) is 0.613. The van der Waals surface area contributed by atoms with Crippen molar-refractivity contribution in [2.24, 2.45) is 12.8 Å². The molecule has 0 unspecified atom stereocenters. The molecule has 0 aliphatic carbocycles. The van der Waals surface area contributed by atoms with Gasteiger partial charge in [-0.25, -0.2) is 0 Å². The molecule has 0 aliphatic rings. The van der Waals surface area contributed by atoms with Crippen LogP contribution in [0.15, 0.2) is 16.9 Å². The van der Waals surface area contributed by atoms with E-state index in [1.807, 2.05) is 0 Å². The molecular formula is C15H18Cl2N2O2. The molecule has 0 fully saturated rings. The monoisotopic (exact) mass is 328 g/mol. The molecule has 0 saturated heterocycles. The second-order valence-corrected chi connectivity index (χ2v) is 5.67. The zero-order valence-corrected chi connectivity index (χ0v) is 13.6. The molecule has 1 heterocycles. The Kier molecular flexibility index (Phi) is 5.14. The highest BCUT2D eigenvalue weighted by atomic mass is 35.5. The minimum Gasteiger partial charge on any atom is -0.491 e. The van der Waals surface area contributed by atoms with Crippen LogP contribution in [0.3, 0.4) is 0 Å². The molecule has 0 spiro atoms. The molecule has 1 aromatic heterocycles. The largest absolute Gasteiger partial charge is 0.491 e. The number of benzene rings is 1. The third-order valence-corrected chi connectivity index (χ3v) is 4.17. The summed E-state index contributed by atoms with van der Waals surface area (Å²) in [6.45, 7) is 2.86. The topological polar surface area (TPSA) is 57.2 Å². The predicted octanol–water partition coefficient (Wildman–Crippen LogP) is 3.48. The lowest BCUT2D eigenvalue weighted by molar-refractivity contribution is 0.306. The number of pyridine rings is 1. The summed E-state index contributed by atoms with van der Waals surface area (Å²) in [7, 11) is 1.68. The molecule has 2 aromatic rings. The van der Waals surface area contributed by atoms with Crippen molar-refractivity contribution < 1.29 is 4.74 Å². The normalized spacial score (nSPS) is 11.1. The minimum absolute atomic E-state index is 0.160. The SMILES string of the molecule is CCCCOc1c(CN)n(C)c(=O)c2cc(Cl)c(Cl)cc12. The first-order valence-corrected chi connectivity index (χ1v) is 7.60. The van der Waals surface area contributed by atoms with Crippen LogP contribution in [0.4, 0.5) is 0 Å². The van der Waals surface area contributed by atoms with E-state index in [4.69, 9.17) is 33.7 Å². The molecule has 0 aliphatic heterocycles. The van der Waals surface area contributed by atoms with Gasteiger partial charge in [0.25, 0.3) is 5.56 Å². The third-order valence-electron chi connectivity index (χ3n) is 3.44. The first-order valence-electron chi connectivity index (χ1n) is 6.84. The first-order chi connectivity index (χ1) is 10.0. The van der Waals surface area contributed by atoms with E-state index in [-0.39, 0.29) is 12.1 Å². The van der Waals surface area contributed by atoms with Crippen LogP contribution in [0, 0.1) is 0 Å². The number of hydrogen-bond donors (Lipinski definition) is 1. The minimum atomic E-state index is -0.160. The Morgan fingerprint density at radius 3 is 2.43 bits per heavy atom. The van der Waals surface area contributed by atoms with Gasteiger partial charge in [0.15, 0.2) is 0 Å². The number of ether oxygens (including phenoxy) is 1. The predicted molar refractivity (Wildman–Crippen MR) is 87.5 cm³/mol. The lowest BCUT2D eigenvalue weighted by Gasteiger charge is -2.17. The second-order valence-electron chi connectivity index (χ2n) is 4.86. The Balaban J connectivity index is 2.75. The van der Waals surface area contributed by atoms with Crippen LogP contribution in [0.5, 0.6) is 5.75 Å². The van der Waals surface area contributed by atoms with Crippen molar-refractivity contribution in [3.05, 3.63) is 38.2 Å². The van der Waals surface area contributed by atoms with Gasteiger partial charge in [-0.2, -0.15) is 0 Å². The van der Waals surface area contributed by atoms with Gasteiger partial charge in [-0.1, -0.05) is 36.5 Å². The average molecular weight is 329 g/mol. The van der Waals surface area contributed by atoms with Crippen molar-refractivity contribution in [2.45, 2.75) is 26.3 Å². The lowest BCUT2D eigenvalue weighted by atomic mass is 10.1. The number of unbranched alkanes of at least 4 members (excludes halogenated alkanes) is 1. The van der Waals surface area contributed by atoms with Gasteiger partial charge in [0.05, 0.1) is 27.7 Å². The van der Waals surface area contributed by atoms with Crippen LogP contribution in [0.2, 0.25) is 10.0 Å². The Labute approximate surface area is 133 Å². The van der Waals surface area contributed by atoms with E-state index in [1.165, 1.54) is 4.57 Å². The highest BCUT2D eigenvalue weighted by Crippen LogP contribution is 2.33. The summed E-state index contributed by atoms with van der Waals surface area (Å²) < 4.78 is 7.38. The number of hydrogen-bond acceptors (Lipinski definition) is 3. The van der Waals surface area contributed by atoms with E-state index >= 15 is 0 Å². The maximum atomic E-state index is 12.4. The molecule has 2 rings (SSSR count). The van der Waals surface area contributed by atoms with Gasteiger partial charge in [-0.15, -0.1) is 0 Å². The molecule has 6 heteroatoms. The molecule has 0 amide bonds. The van der Waals surface area contributed by atoms with Crippen LogP contribution in [-0.4, -0.2) is 11.2 Å². The smallest absolute Gasteiger partial charge is 0.258 e. The Morgan fingerprint density at radius 1 is 1.24 bits per heavy atom. The number of nitrogens with zero attached hydrogens (tertiary/aromatic N) is 1. The van der Waals surface area contributed by atoms with E-state index < -0.39 is 0 Å². The number of fused-ring (bicyclic) bond motifs is 1. The van der Waals surface area contributed by atoms with Crippen molar-refractivity contribution >= 4 is 34.0 Å². The standard InChI is InChI=1S/C15H18Cl2N2O2/c1-3-4-5-21-14-9-6-11(16)12(17)7-10(9)15(20)19(2)13(14)8-18/h6-7H,3-5,8,18H2,1-2H3. The maximum Gasteiger partial charge on any atom is 0.258 e. The van der Waals surface area contributed by atoms with E-state index in [0.29, 0.717) is 38.9 Å². The quantitative estimate of drug-likeness (QED) is 0.855. The second kappa shape index (κ2) is 6.69. The van der Waals surface area contributed by atoms with E-state index in [9.17, 15) is 4.79 Å². The average Bonchev–Trinajstić information content (AvgIpc) is 2.47. The fourth-order valence-electron chi connectivity index (χ4n) is 2.23. The number of rotatable bonds is 5. The van der Waals surface area contributed by atoms with E-state index in [0.717, 1.165) is 12.8 Å². The Morgan fingerprint density at radius 2 is 1.86 bits per heavy atom. The molecule has 2 N–H and O–H groups in total. The summed E-state index contributed by atoms with van der Waals surface area (Å²) in [5, 5.41) is 1.88. The van der Waals surface area contributed by atoms with Crippen molar-refractivity contribution in [1.29, 1.82) is 0 Å². The molecule has 114 valence electrons. The lowest BCUT2D eigenvalue weighted by Crippen LogP contribution is -2.24. The summed E-state index contributed by atoms with van der Waals surface area (Å²) in [6.07, 6.45) is 1.95. The van der Waals surface area contributed by atoms with E-state index in [1.54, 1.807) is 19.2 Å². The fourth-order valence-corrected chi connectivity index (χ4v) is 2.56. The molecule has 1 aromatic carbocycles. The molecule has 0 radical (unpaired) electrons. The van der Waals surface area contributed by atoms with Crippen molar-refractivity contribution in [3.63, 3.8) is 0 Å². The van der Waals surface area contributed by atoms with Crippen LogP contribution < -0.4 is 16.0 Å². The first kappa shape index (κ1) is 16.1. The zero-order chi connectivity index (χ0) is 15.6. The fraction of sp³-hybridized carbons (Fsp3) is 0.400. The van der Waals surface area contributed by atoms with Gasteiger partial charge >= 0.3 is 0 Å². The van der Waals surface area contributed by atoms with Crippen molar-refractivity contribution in [3.8, 4) is 5.75 Å². The van der Waals surface area contributed by atoms with Gasteiger partial charge in [0, 0.05) is 19.0 Å². The van der Waals surface area contributed by atoms with Crippen molar-refractivity contribution in [1.82, 2.24) is 4.57 Å². The molecule has 0 atom stereocenters. The zero-order valence-electron chi connectivity index (χ0n) is 12.1. The number of halogens is 2. The van der Waals surface area contributed by atoms with Crippen LogP contribution in [0.1, 0.15) is 25.5 Å². The van der Waals surface area contributed by atoms with Crippen LogP contribution in [-0.2, 0) is 13.6 Å². The van der Waals surface area contributed by atoms with Gasteiger partial charge in [-0.05, 0) is 18.6 Å². The molecule has 0 bridgehead atoms.